The van der Waals surface area contributed by atoms with Gasteiger partial charge in [0.1, 0.15) is 0 Å². The van der Waals surface area contributed by atoms with Gasteiger partial charge in [0.15, 0.2) is 0 Å². The van der Waals surface area contributed by atoms with E-state index in [1.54, 1.807) is 6.07 Å². The summed E-state index contributed by atoms with van der Waals surface area (Å²) in [5.41, 5.74) is -0.737. The fraction of sp³-hybridized carbons (Fsp3) is 0. The lowest BCUT2D eigenvalue weighted by Crippen LogP contribution is -2.22. The molecule has 0 bridgehead atoms. The van der Waals surface area contributed by atoms with Gasteiger partial charge in [-0.3, -0.25) is 14.7 Å². The van der Waals surface area contributed by atoms with Gasteiger partial charge in [-0.15, -0.1) is 0 Å². The zero-order valence-electron chi connectivity index (χ0n) is 7.08. The second-order valence-corrected chi connectivity index (χ2v) is 2.66. The standard InChI is InChI=1S/C7H2N4O4/c8-3-4-1-5(10(12)13)7-6(2-4)11(14)15-9-7/h1-2H. The normalized spacial score (nSPS) is 10.1. The molecule has 15 heavy (non-hydrogen) atoms. The SMILES string of the molecule is N#Cc1cc([N+](=O)[O-])c2no[n+]([O-])c2c1. The zero-order chi connectivity index (χ0) is 11.0. The van der Waals surface area contributed by atoms with Crippen LogP contribution in [0.25, 0.3) is 11.0 Å². The van der Waals surface area contributed by atoms with Crippen molar-refractivity contribution in [2.45, 2.75) is 0 Å². The third-order valence-electron chi connectivity index (χ3n) is 1.80. The average Bonchev–Trinajstić information content (AvgIpc) is 2.59. The second-order valence-electron chi connectivity index (χ2n) is 2.66. The molecule has 0 aliphatic heterocycles. The van der Waals surface area contributed by atoms with Crippen LogP contribution in [0.5, 0.6) is 0 Å². The molecule has 0 saturated carbocycles. The molecule has 2 rings (SSSR count). The number of nitrogens with zero attached hydrogens (tertiary/aromatic N) is 4. The van der Waals surface area contributed by atoms with Crippen LogP contribution < -0.4 is 4.90 Å². The maximum absolute atomic E-state index is 11.0. The lowest BCUT2D eigenvalue weighted by molar-refractivity contribution is -0.782. The van der Waals surface area contributed by atoms with Crippen molar-refractivity contribution in [3.05, 3.63) is 33.0 Å². The Balaban J connectivity index is 2.90. The third kappa shape index (κ3) is 1.22. The summed E-state index contributed by atoms with van der Waals surface area (Å²) in [5.74, 6) is 0. The molecule has 2 aromatic rings. The first-order chi connectivity index (χ1) is 7.13. The van der Waals surface area contributed by atoms with E-state index >= 15 is 0 Å². The molecular weight excluding hydrogens is 204 g/mol. The number of rotatable bonds is 1. The third-order valence-corrected chi connectivity index (χ3v) is 1.80. The van der Waals surface area contributed by atoms with Gasteiger partial charge >= 0.3 is 11.2 Å². The fourth-order valence-corrected chi connectivity index (χ4v) is 1.16. The highest BCUT2D eigenvalue weighted by Crippen LogP contribution is 2.23. The van der Waals surface area contributed by atoms with Gasteiger partial charge < -0.3 is 5.21 Å². The lowest BCUT2D eigenvalue weighted by Gasteiger charge is -1.90. The predicted molar refractivity (Wildman–Crippen MR) is 44.3 cm³/mol. The molecule has 0 N–H and O–H groups in total. The molecule has 0 unspecified atom stereocenters. The first kappa shape index (κ1) is 8.89. The molecule has 1 heterocycles. The molecule has 1 aromatic carbocycles. The molecule has 74 valence electrons. The van der Waals surface area contributed by atoms with Crippen LogP contribution in [0.15, 0.2) is 16.8 Å². The Hall–Kier alpha value is -2.69. The molecule has 0 atom stereocenters. The van der Waals surface area contributed by atoms with Gasteiger partial charge in [0, 0.05) is 12.1 Å². The lowest BCUT2D eigenvalue weighted by atomic mass is 10.2. The summed E-state index contributed by atoms with van der Waals surface area (Å²) in [5, 5.41) is 33.4. The van der Waals surface area contributed by atoms with Crippen molar-refractivity contribution in [3.63, 3.8) is 0 Å². The summed E-state index contributed by atoms with van der Waals surface area (Å²) < 4.78 is 4.20. The highest BCUT2D eigenvalue weighted by Gasteiger charge is 2.24. The molecule has 0 amide bonds. The molecule has 8 heteroatoms. The van der Waals surface area contributed by atoms with E-state index in [0.29, 0.717) is 0 Å². The van der Waals surface area contributed by atoms with Crippen LogP contribution in [-0.4, -0.2) is 10.1 Å². The van der Waals surface area contributed by atoms with Gasteiger partial charge in [-0.2, -0.15) is 5.26 Å². The maximum Gasteiger partial charge on any atom is 0.328 e. The van der Waals surface area contributed by atoms with E-state index in [1.165, 1.54) is 6.07 Å². The minimum atomic E-state index is -0.730. The largest absolute Gasteiger partial charge is 0.359 e. The van der Waals surface area contributed by atoms with Crippen LogP contribution in [-0.2, 0) is 0 Å². The molecule has 0 saturated heterocycles. The first-order valence-electron chi connectivity index (χ1n) is 3.71. The van der Waals surface area contributed by atoms with Crippen LogP contribution in [0, 0.1) is 26.7 Å². The Morgan fingerprint density at radius 1 is 1.60 bits per heavy atom. The van der Waals surface area contributed by atoms with Gasteiger partial charge in [0.05, 0.1) is 21.7 Å². The molecule has 0 radical (unpaired) electrons. The Kier molecular flexibility index (Phi) is 1.73. The molecule has 8 nitrogen and oxygen atoms in total. The van der Waals surface area contributed by atoms with Crippen molar-refractivity contribution in [1.29, 1.82) is 5.26 Å². The van der Waals surface area contributed by atoms with Gasteiger partial charge in [0.2, 0.25) is 5.52 Å². The van der Waals surface area contributed by atoms with E-state index in [2.05, 4.69) is 9.79 Å². The van der Waals surface area contributed by atoms with E-state index < -0.39 is 10.6 Å². The zero-order valence-corrected chi connectivity index (χ0v) is 7.08. The minimum absolute atomic E-state index is 0.00185. The van der Waals surface area contributed by atoms with E-state index in [0.717, 1.165) is 6.07 Å². The van der Waals surface area contributed by atoms with Gasteiger partial charge in [-0.1, -0.05) is 0 Å². The van der Waals surface area contributed by atoms with Crippen molar-refractivity contribution in [2.75, 3.05) is 0 Å². The van der Waals surface area contributed by atoms with Crippen LogP contribution in [0.2, 0.25) is 0 Å². The summed E-state index contributed by atoms with van der Waals surface area (Å²) >= 11 is 0. The van der Waals surface area contributed by atoms with E-state index in [4.69, 9.17) is 5.26 Å². The smallest absolute Gasteiger partial charge is 0.328 e. The van der Waals surface area contributed by atoms with Crippen LogP contribution in [0.3, 0.4) is 0 Å². The van der Waals surface area contributed by atoms with Crippen molar-refractivity contribution in [3.8, 4) is 6.07 Å². The summed E-state index contributed by atoms with van der Waals surface area (Å²) in [7, 11) is 0. The number of nitro benzene ring substituents is 1. The van der Waals surface area contributed by atoms with Gasteiger partial charge in [0.25, 0.3) is 0 Å². The summed E-state index contributed by atoms with van der Waals surface area (Å²) in [6, 6.07) is 3.91. The number of benzene rings is 1. The van der Waals surface area contributed by atoms with E-state index in [-0.39, 0.29) is 21.5 Å². The average molecular weight is 206 g/mol. The number of non-ortho nitro benzene ring substituents is 1. The maximum atomic E-state index is 11.0. The first-order valence-corrected chi connectivity index (χ1v) is 3.71. The Labute approximate surface area is 81.6 Å². The van der Waals surface area contributed by atoms with Crippen LogP contribution in [0.4, 0.5) is 5.69 Å². The van der Waals surface area contributed by atoms with Crippen molar-refractivity contribution in [2.24, 2.45) is 0 Å². The topological polar surface area (TPSA) is 120 Å². The number of fused-ring (bicyclic) bond motifs is 1. The summed E-state index contributed by atoms with van der Waals surface area (Å²) in [4.78, 5) is 9.88. The predicted octanol–water partition coefficient (Wildman–Crippen LogP) is 0.241. The summed E-state index contributed by atoms with van der Waals surface area (Å²) in [6.45, 7) is 0. The van der Waals surface area contributed by atoms with Gasteiger partial charge in [-0.05, 0) is 4.90 Å². The molecule has 0 aliphatic carbocycles. The molecular formula is C7H2N4O4. The highest BCUT2D eigenvalue weighted by atomic mass is 16.8. The number of hydrogen-bond acceptors (Lipinski definition) is 6. The molecule has 0 aliphatic rings. The highest BCUT2D eigenvalue weighted by molar-refractivity contribution is 5.82. The summed E-state index contributed by atoms with van der Waals surface area (Å²) in [6.07, 6.45) is 0. The molecule has 0 fully saturated rings. The van der Waals surface area contributed by atoms with Crippen molar-refractivity contribution >= 4 is 16.7 Å². The quantitative estimate of drug-likeness (QED) is 0.374. The number of nitriles is 1. The Bertz CT molecular complexity index is 597. The Morgan fingerprint density at radius 2 is 2.33 bits per heavy atom. The van der Waals surface area contributed by atoms with Crippen LogP contribution in [0.1, 0.15) is 5.56 Å². The van der Waals surface area contributed by atoms with Crippen LogP contribution >= 0.6 is 0 Å². The second kappa shape index (κ2) is 2.91. The van der Waals surface area contributed by atoms with Gasteiger partial charge in [-0.25, -0.2) is 0 Å². The number of aromatic nitrogens is 2. The van der Waals surface area contributed by atoms with E-state index in [9.17, 15) is 15.3 Å². The van der Waals surface area contributed by atoms with Crippen molar-refractivity contribution < 1.29 is 14.5 Å². The number of nitro groups is 1. The van der Waals surface area contributed by atoms with E-state index in [1.807, 2.05) is 0 Å². The van der Waals surface area contributed by atoms with Crippen molar-refractivity contribution in [1.82, 2.24) is 5.16 Å². The Morgan fingerprint density at radius 3 is 2.93 bits per heavy atom. The fourth-order valence-electron chi connectivity index (χ4n) is 1.16. The molecule has 1 aromatic heterocycles. The molecule has 0 spiro atoms. The minimum Gasteiger partial charge on any atom is -0.359 e. The number of hydrogen-bond donors (Lipinski definition) is 0. The monoisotopic (exact) mass is 206 g/mol.